The van der Waals surface area contributed by atoms with Crippen molar-refractivity contribution in [1.29, 1.82) is 0 Å². The van der Waals surface area contributed by atoms with E-state index in [0.717, 1.165) is 61.1 Å². The van der Waals surface area contributed by atoms with E-state index in [-0.39, 0.29) is 0 Å². The van der Waals surface area contributed by atoms with Crippen molar-refractivity contribution < 1.29 is 9.47 Å². The van der Waals surface area contributed by atoms with Gasteiger partial charge >= 0.3 is 0 Å². The van der Waals surface area contributed by atoms with Crippen LogP contribution in [-0.4, -0.2) is 40.0 Å². The number of methoxy groups -OCH3 is 2. The van der Waals surface area contributed by atoms with Crippen LogP contribution < -0.4 is 9.47 Å². The van der Waals surface area contributed by atoms with Gasteiger partial charge in [-0.1, -0.05) is 6.42 Å². The zero-order valence-electron chi connectivity index (χ0n) is 16.2. The quantitative estimate of drug-likeness (QED) is 0.726. The van der Waals surface area contributed by atoms with Crippen LogP contribution in [0.5, 0.6) is 11.5 Å². The zero-order chi connectivity index (χ0) is 18.8. The zero-order valence-corrected chi connectivity index (χ0v) is 17.0. The van der Waals surface area contributed by atoms with Gasteiger partial charge in [-0.15, -0.1) is 0 Å². The van der Waals surface area contributed by atoms with E-state index in [2.05, 4.69) is 15.5 Å². The smallest absolute Gasteiger partial charge is 0.199 e. The molecule has 7 heteroatoms. The minimum Gasteiger partial charge on any atom is -0.497 e. The van der Waals surface area contributed by atoms with Gasteiger partial charge in [-0.2, -0.15) is 5.10 Å². The lowest BCUT2D eigenvalue weighted by Crippen LogP contribution is -2.27. The molecule has 1 fully saturated rings. The van der Waals surface area contributed by atoms with Crippen molar-refractivity contribution in [2.45, 2.75) is 57.8 Å². The van der Waals surface area contributed by atoms with E-state index < -0.39 is 0 Å². The highest BCUT2D eigenvalue weighted by Crippen LogP contribution is 2.39. The normalized spacial score (nSPS) is 20.3. The molecule has 2 aromatic rings. The van der Waals surface area contributed by atoms with Gasteiger partial charge in [-0.25, -0.2) is 4.68 Å². The maximum atomic E-state index is 5.74. The van der Waals surface area contributed by atoms with Crippen LogP contribution in [0.15, 0.2) is 18.2 Å². The summed E-state index contributed by atoms with van der Waals surface area (Å²) in [5.41, 5.74) is 1.18. The summed E-state index contributed by atoms with van der Waals surface area (Å²) < 4.78 is 16.2. The number of likely N-dealkylation sites (tertiary alicyclic amines) is 1. The van der Waals surface area contributed by atoms with Crippen LogP contribution in [-0.2, 0) is 19.6 Å². The molecule has 2 aliphatic heterocycles. The fraction of sp³-hybridized carbons (Fsp3) is 0.600. The molecular weight excluding hydrogens is 360 g/mol. The number of ether oxygens (including phenoxy) is 2. The Morgan fingerprint density at radius 2 is 2.00 bits per heavy atom. The highest BCUT2D eigenvalue weighted by atomic mass is 32.1. The largest absolute Gasteiger partial charge is 0.497 e. The van der Waals surface area contributed by atoms with Crippen molar-refractivity contribution in [2.75, 3.05) is 20.8 Å². The number of aromatic nitrogens is 3. The molecule has 6 nitrogen and oxygen atoms in total. The van der Waals surface area contributed by atoms with Crippen molar-refractivity contribution in [3.63, 3.8) is 0 Å². The third kappa shape index (κ3) is 3.62. The van der Waals surface area contributed by atoms with Crippen LogP contribution in [0.1, 0.15) is 49.5 Å². The van der Waals surface area contributed by atoms with Crippen molar-refractivity contribution in [1.82, 2.24) is 19.2 Å². The Morgan fingerprint density at radius 3 is 2.81 bits per heavy atom. The first-order chi connectivity index (χ1) is 13.2. The van der Waals surface area contributed by atoms with Crippen molar-refractivity contribution in [2.24, 2.45) is 0 Å². The number of fused-ring (bicyclic) bond motifs is 1. The minimum absolute atomic E-state index is 0.290. The Hall–Kier alpha value is -1.86. The molecule has 1 aromatic carbocycles. The molecule has 3 heterocycles. The summed E-state index contributed by atoms with van der Waals surface area (Å²) in [6.07, 6.45) is 6.96. The van der Waals surface area contributed by atoms with Gasteiger partial charge in [-0.3, -0.25) is 4.90 Å². The summed E-state index contributed by atoms with van der Waals surface area (Å²) in [5, 5.41) is 4.86. The fourth-order valence-corrected chi connectivity index (χ4v) is 4.63. The second-order valence-electron chi connectivity index (χ2n) is 7.38. The van der Waals surface area contributed by atoms with Gasteiger partial charge in [0.25, 0.3) is 0 Å². The third-order valence-corrected chi connectivity index (χ3v) is 6.19. The van der Waals surface area contributed by atoms with Crippen LogP contribution in [0.3, 0.4) is 0 Å². The third-order valence-electron chi connectivity index (χ3n) is 5.76. The highest BCUT2D eigenvalue weighted by Gasteiger charge is 2.29. The molecule has 0 aliphatic carbocycles. The summed E-state index contributed by atoms with van der Waals surface area (Å²) in [6.45, 7) is 2.76. The van der Waals surface area contributed by atoms with Crippen LogP contribution >= 0.6 is 12.2 Å². The predicted molar refractivity (Wildman–Crippen MR) is 107 cm³/mol. The first kappa shape index (κ1) is 18.5. The average Bonchev–Trinajstić information content (AvgIpc) is 3.18. The monoisotopic (exact) mass is 388 g/mol. The molecule has 1 aromatic heterocycles. The van der Waals surface area contributed by atoms with Gasteiger partial charge < -0.3 is 14.0 Å². The van der Waals surface area contributed by atoms with E-state index in [4.69, 9.17) is 26.8 Å². The van der Waals surface area contributed by atoms with E-state index >= 15 is 0 Å². The highest BCUT2D eigenvalue weighted by molar-refractivity contribution is 7.71. The van der Waals surface area contributed by atoms with Gasteiger partial charge in [0.05, 0.1) is 20.9 Å². The van der Waals surface area contributed by atoms with Crippen LogP contribution in [0.2, 0.25) is 0 Å². The van der Waals surface area contributed by atoms with Crippen molar-refractivity contribution in [3.05, 3.63) is 34.4 Å². The van der Waals surface area contributed by atoms with Gasteiger partial charge in [0.2, 0.25) is 0 Å². The maximum Gasteiger partial charge on any atom is 0.199 e. The summed E-state index contributed by atoms with van der Waals surface area (Å²) in [6, 6.07) is 6.33. The molecule has 4 rings (SSSR count). The Labute approximate surface area is 165 Å². The predicted octanol–water partition coefficient (Wildman–Crippen LogP) is 3.95. The minimum atomic E-state index is 0.290. The Morgan fingerprint density at radius 1 is 1.11 bits per heavy atom. The van der Waals surface area contributed by atoms with E-state index in [0.29, 0.717) is 6.04 Å². The molecule has 1 saturated heterocycles. The Bertz CT molecular complexity index is 860. The summed E-state index contributed by atoms with van der Waals surface area (Å²) in [5.74, 6) is 2.92. The molecule has 0 amide bonds. The number of hydrogen-bond donors (Lipinski definition) is 0. The SMILES string of the molecule is COc1ccc(OC)c([C@H]2CCCN2Cn2nc3n(c2=S)CCCCC3)c1. The number of rotatable bonds is 5. The first-order valence-corrected chi connectivity index (χ1v) is 10.2. The molecule has 2 aliphatic rings. The van der Waals surface area contributed by atoms with Gasteiger partial charge in [-0.05, 0) is 56.1 Å². The van der Waals surface area contributed by atoms with E-state index in [1.54, 1.807) is 14.2 Å². The van der Waals surface area contributed by atoms with E-state index in [1.165, 1.54) is 24.8 Å². The van der Waals surface area contributed by atoms with Crippen molar-refractivity contribution in [3.8, 4) is 11.5 Å². The Balaban J connectivity index is 1.61. The second-order valence-corrected chi connectivity index (χ2v) is 7.75. The fourth-order valence-electron chi connectivity index (χ4n) is 4.34. The van der Waals surface area contributed by atoms with E-state index in [9.17, 15) is 0 Å². The van der Waals surface area contributed by atoms with E-state index in [1.807, 2.05) is 16.8 Å². The summed E-state index contributed by atoms with van der Waals surface area (Å²) in [7, 11) is 3.43. The molecule has 27 heavy (non-hydrogen) atoms. The molecule has 146 valence electrons. The molecule has 0 bridgehead atoms. The summed E-state index contributed by atoms with van der Waals surface area (Å²) in [4.78, 5) is 2.46. The van der Waals surface area contributed by atoms with Gasteiger partial charge in [0.1, 0.15) is 17.3 Å². The average molecular weight is 389 g/mol. The molecule has 0 N–H and O–H groups in total. The van der Waals surface area contributed by atoms with Crippen LogP contribution in [0.25, 0.3) is 0 Å². The van der Waals surface area contributed by atoms with Crippen LogP contribution in [0.4, 0.5) is 0 Å². The summed E-state index contributed by atoms with van der Waals surface area (Å²) >= 11 is 5.74. The number of hydrogen-bond acceptors (Lipinski definition) is 5. The van der Waals surface area contributed by atoms with Crippen LogP contribution in [0, 0.1) is 4.77 Å². The maximum absolute atomic E-state index is 5.74. The number of aryl methyl sites for hydroxylation is 1. The molecular formula is C20H28N4O2S. The topological polar surface area (TPSA) is 44.5 Å². The first-order valence-electron chi connectivity index (χ1n) is 9.83. The number of nitrogens with zero attached hydrogens (tertiary/aromatic N) is 4. The second kappa shape index (κ2) is 8.02. The Kier molecular flexibility index (Phi) is 5.50. The molecule has 0 radical (unpaired) electrons. The lowest BCUT2D eigenvalue weighted by atomic mass is 10.0. The molecule has 0 saturated carbocycles. The van der Waals surface area contributed by atoms with Crippen molar-refractivity contribution >= 4 is 12.2 Å². The lowest BCUT2D eigenvalue weighted by Gasteiger charge is -2.26. The van der Waals surface area contributed by atoms with Gasteiger partial charge in [0.15, 0.2) is 4.77 Å². The molecule has 1 atom stereocenters. The lowest BCUT2D eigenvalue weighted by molar-refractivity contribution is 0.186. The van der Waals surface area contributed by atoms with Gasteiger partial charge in [0, 0.05) is 31.1 Å². The molecule has 0 unspecified atom stereocenters. The standard InChI is InChI=1S/C20H28N4O2S/c1-25-15-9-10-18(26-2)16(13-15)17-7-6-11-22(17)14-24-20(27)23-12-5-3-4-8-19(23)21-24/h9-10,13,17H,3-8,11-12,14H2,1-2H3/t17-/m1/s1. The molecule has 0 spiro atoms. The number of benzene rings is 1.